The average Bonchev–Trinajstić information content (AvgIpc) is 2.55. The molecule has 0 spiro atoms. The molecule has 4 nitrogen and oxygen atoms in total. The van der Waals surface area contributed by atoms with Crippen molar-refractivity contribution in [2.45, 2.75) is 57.7 Å². The first kappa shape index (κ1) is 22.1. The fraction of sp³-hybridized carbons (Fsp3) is 0.450. The minimum Gasteiger partial charge on any atom is -0.481 e. The van der Waals surface area contributed by atoms with Gasteiger partial charge in [-0.15, -0.1) is 0 Å². The lowest BCUT2D eigenvalue weighted by Gasteiger charge is -1.99. The van der Waals surface area contributed by atoms with Crippen molar-refractivity contribution in [3.05, 3.63) is 60.8 Å². The third-order valence-corrected chi connectivity index (χ3v) is 3.16. The summed E-state index contributed by atoms with van der Waals surface area (Å²) in [6.45, 7) is 1.91. The van der Waals surface area contributed by atoms with Gasteiger partial charge in [-0.1, -0.05) is 67.7 Å². The molecule has 0 bridgehead atoms. The molecular formula is C20H30O4. The Bertz CT molecular complexity index is 458. The zero-order chi connectivity index (χ0) is 18.0. The van der Waals surface area contributed by atoms with Crippen molar-refractivity contribution in [1.82, 2.24) is 0 Å². The third kappa shape index (κ3) is 16.5. The molecule has 4 heteroatoms. The van der Waals surface area contributed by atoms with Crippen LogP contribution >= 0.6 is 0 Å². The maximum Gasteiger partial charge on any atom is 0.303 e. The minimum absolute atomic E-state index is 0.213. The highest BCUT2D eigenvalue weighted by atomic mass is 16.4. The summed E-state index contributed by atoms with van der Waals surface area (Å²) < 4.78 is 0. The van der Waals surface area contributed by atoms with Crippen molar-refractivity contribution in [1.29, 1.82) is 0 Å². The van der Waals surface area contributed by atoms with Gasteiger partial charge >= 0.3 is 5.97 Å². The predicted molar refractivity (Wildman–Crippen MR) is 98.7 cm³/mol. The number of aliphatic hydroxyl groups excluding tert-OH is 2. The molecule has 0 saturated carbocycles. The molecule has 0 aliphatic rings. The van der Waals surface area contributed by atoms with E-state index in [2.05, 4.69) is 0 Å². The molecule has 2 atom stereocenters. The number of rotatable bonds is 13. The molecule has 0 rings (SSSR count). The van der Waals surface area contributed by atoms with Crippen LogP contribution in [0.5, 0.6) is 0 Å². The molecule has 0 aromatic carbocycles. The Morgan fingerprint density at radius 3 is 2.25 bits per heavy atom. The van der Waals surface area contributed by atoms with Gasteiger partial charge in [0, 0.05) is 6.42 Å². The predicted octanol–water partition coefficient (Wildman–Crippen LogP) is 3.93. The van der Waals surface area contributed by atoms with E-state index in [0.29, 0.717) is 19.3 Å². The molecule has 0 aliphatic heterocycles. The van der Waals surface area contributed by atoms with Crippen molar-refractivity contribution >= 4 is 5.97 Å². The molecule has 24 heavy (non-hydrogen) atoms. The lowest BCUT2D eigenvalue weighted by molar-refractivity contribution is -0.137. The van der Waals surface area contributed by atoms with Crippen LogP contribution in [0.4, 0.5) is 0 Å². The standard InChI is InChI=1S/C20H30O4/c1-2-18(21)14-11-9-12-16-19(22)15-10-7-5-3-4-6-8-13-17-20(23)24/h4-7,9-12,14-15,18-19,21-22H,2-3,8,13,16-17H2,1H3,(H,23,24)/b6-4-,7-5-,12-9-,14-11+,15-10-/t18-,19+/m0/s1. The van der Waals surface area contributed by atoms with Crippen LogP contribution < -0.4 is 0 Å². The zero-order valence-electron chi connectivity index (χ0n) is 14.4. The van der Waals surface area contributed by atoms with Gasteiger partial charge in [-0.2, -0.15) is 0 Å². The van der Waals surface area contributed by atoms with E-state index in [1.165, 1.54) is 0 Å². The average molecular weight is 334 g/mol. The van der Waals surface area contributed by atoms with Crippen LogP contribution in [0.25, 0.3) is 0 Å². The molecule has 0 aromatic rings. The topological polar surface area (TPSA) is 77.8 Å². The Morgan fingerprint density at radius 1 is 0.917 bits per heavy atom. The van der Waals surface area contributed by atoms with Crippen LogP contribution in [0.15, 0.2) is 60.8 Å². The van der Waals surface area contributed by atoms with E-state index in [-0.39, 0.29) is 6.42 Å². The highest BCUT2D eigenvalue weighted by Crippen LogP contribution is 1.99. The number of aliphatic carboxylic acids is 1. The van der Waals surface area contributed by atoms with Crippen molar-refractivity contribution in [2.75, 3.05) is 0 Å². The van der Waals surface area contributed by atoms with Crippen LogP contribution in [0.1, 0.15) is 45.4 Å². The van der Waals surface area contributed by atoms with E-state index in [1.54, 1.807) is 18.2 Å². The Hall–Kier alpha value is -1.91. The summed E-state index contributed by atoms with van der Waals surface area (Å²) in [4.78, 5) is 10.3. The van der Waals surface area contributed by atoms with Gasteiger partial charge in [-0.25, -0.2) is 0 Å². The van der Waals surface area contributed by atoms with Gasteiger partial charge in [-0.3, -0.25) is 4.79 Å². The molecule has 0 fully saturated rings. The van der Waals surface area contributed by atoms with Gasteiger partial charge < -0.3 is 15.3 Å². The number of hydrogen-bond donors (Lipinski definition) is 3. The SMILES string of the molecule is CC[C@H](O)/C=C/C=C\C[C@H](O)/C=C\C=C/C/C=C\CCCC(=O)O. The fourth-order valence-electron chi connectivity index (χ4n) is 1.72. The normalized spacial score (nSPS) is 15.5. The monoisotopic (exact) mass is 334 g/mol. The van der Waals surface area contributed by atoms with E-state index < -0.39 is 18.2 Å². The van der Waals surface area contributed by atoms with Crippen molar-refractivity contribution in [3.63, 3.8) is 0 Å². The minimum atomic E-state index is -0.753. The van der Waals surface area contributed by atoms with Gasteiger partial charge in [0.05, 0.1) is 12.2 Å². The third-order valence-electron chi connectivity index (χ3n) is 3.16. The van der Waals surface area contributed by atoms with Crippen LogP contribution in [0, 0.1) is 0 Å². The summed E-state index contributed by atoms with van der Waals surface area (Å²) in [7, 11) is 0. The second-order valence-corrected chi connectivity index (χ2v) is 5.40. The highest BCUT2D eigenvalue weighted by molar-refractivity contribution is 5.66. The summed E-state index contributed by atoms with van der Waals surface area (Å²) in [5, 5.41) is 27.5. The lowest BCUT2D eigenvalue weighted by atomic mass is 10.2. The lowest BCUT2D eigenvalue weighted by Crippen LogP contribution is -1.99. The second-order valence-electron chi connectivity index (χ2n) is 5.40. The zero-order valence-corrected chi connectivity index (χ0v) is 14.4. The molecule has 0 saturated heterocycles. The fourth-order valence-corrected chi connectivity index (χ4v) is 1.72. The first-order valence-corrected chi connectivity index (χ1v) is 8.45. The first-order valence-electron chi connectivity index (χ1n) is 8.45. The van der Waals surface area contributed by atoms with E-state index in [9.17, 15) is 15.0 Å². The number of aliphatic hydroxyl groups is 2. The van der Waals surface area contributed by atoms with Crippen LogP contribution in [-0.2, 0) is 4.79 Å². The number of allylic oxidation sites excluding steroid dienone is 7. The molecule has 0 unspecified atom stereocenters. The number of carboxylic acid groups (broad SMARTS) is 1. The quantitative estimate of drug-likeness (QED) is 0.271. The Kier molecular flexibility index (Phi) is 14.7. The summed E-state index contributed by atoms with van der Waals surface area (Å²) in [5.41, 5.74) is 0. The molecular weight excluding hydrogens is 304 g/mol. The van der Waals surface area contributed by atoms with Gasteiger partial charge in [0.25, 0.3) is 0 Å². The molecule has 3 N–H and O–H groups in total. The van der Waals surface area contributed by atoms with E-state index in [1.807, 2.05) is 49.5 Å². The van der Waals surface area contributed by atoms with Crippen LogP contribution in [0.2, 0.25) is 0 Å². The van der Waals surface area contributed by atoms with Crippen molar-refractivity contribution < 1.29 is 20.1 Å². The van der Waals surface area contributed by atoms with Crippen molar-refractivity contribution in [3.8, 4) is 0 Å². The maximum atomic E-state index is 10.3. The summed E-state index contributed by atoms with van der Waals surface area (Å²) in [6, 6.07) is 0. The van der Waals surface area contributed by atoms with E-state index in [0.717, 1.165) is 12.8 Å². The van der Waals surface area contributed by atoms with Crippen LogP contribution in [-0.4, -0.2) is 33.5 Å². The van der Waals surface area contributed by atoms with Crippen molar-refractivity contribution in [2.24, 2.45) is 0 Å². The van der Waals surface area contributed by atoms with Crippen LogP contribution in [0.3, 0.4) is 0 Å². The maximum absolute atomic E-state index is 10.3. The number of unbranched alkanes of at least 4 members (excludes halogenated alkanes) is 1. The molecule has 134 valence electrons. The molecule has 0 aromatic heterocycles. The van der Waals surface area contributed by atoms with E-state index >= 15 is 0 Å². The van der Waals surface area contributed by atoms with Gasteiger partial charge in [0.15, 0.2) is 0 Å². The Balaban J connectivity index is 3.77. The number of hydrogen-bond acceptors (Lipinski definition) is 3. The Labute approximate surface area is 145 Å². The Morgan fingerprint density at radius 2 is 1.58 bits per heavy atom. The largest absolute Gasteiger partial charge is 0.481 e. The highest BCUT2D eigenvalue weighted by Gasteiger charge is 1.94. The molecule has 0 radical (unpaired) electrons. The summed E-state index contributed by atoms with van der Waals surface area (Å²) in [5.74, 6) is -0.753. The second kappa shape index (κ2) is 16.0. The van der Waals surface area contributed by atoms with Gasteiger partial charge in [0.2, 0.25) is 0 Å². The smallest absolute Gasteiger partial charge is 0.303 e. The summed E-state index contributed by atoms with van der Waals surface area (Å²) in [6.07, 6.45) is 21.3. The molecule has 0 heterocycles. The number of carboxylic acids is 1. The first-order chi connectivity index (χ1) is 11.6. The van der Waals surface area contributed by atoms with Gasteiger partial charge in [0.1, 0.15) is 0 Å². The summed E-state index contributed by atoms with van der Waals surface area (Å²) >= 11 is 0. The molecule has 0 amide bonds. The van der Waals surface area contributed by atoms with Gasteiger partial charge in [-0.05, 0) is 32.1 Å². The molecule has 0 aliphatic carbocycles. The van der Waals surface area contributed by atoms with E-state index in [4.69, 9.17) is 5.11 Å². The number of carbonyl (C=O) groups is 1.